The van der Waals surface area contributed by atoms with E-state index < -0.39 is 11.3 Å². The van der Waals surface area contributed by atoms with Crippen molar-refractivity contribution in [2.75, 3.05) is 10.6 Å². The third-order valence-corrected chi connectivity index (χ3v) is 5.09. The molecule has 2 aromatic carbocycles. The van der Waals surface area contributed by atoms with Crippen LogP contribution >= 0.6 is 11.6 Å². The predicted octanol–water partition coefficient (Wildman–Crippen LogP) is 5.35. The summed E-state index contributed by atoms with van der Waals surface area (Å²) in [6.45, 7) is 5.43. The maximum atomic E-state index is 12.7. The zero-order valence-electron chi connectivity index (χ0n) is 17.4. The molecule has 7 heteroatoms. The Bertz CT molecular complexity index is 1180. The van der Waals surface area contributed by atoms with E-state index in [1.165, 1.54) is 6.07 Å². The highest BCUT2D eigenvalue weighted by molar-refractivity contribution is 6.34. The highest BCUT2D eigenvalue weighted by Crippen LogP contribution is 2.25. The van der Waals surface area contributed by atoms with E-state index in [9.17, 15) is 14.9 Å². The van der Waals surface area contributed by atoms with Gasteiger partial charge in [0.05, 0.1) is 34.0 Å². The first kappa shape index (κ1) is 22.0. The molecule has 156 valence electrons. The Labute approximate surface area is 185 Å². The average molecular weight is 433 g/mol. The van der Waals surface area contributed by atoms with Gasteiger partial charge < -0.3 is 10.6 Å². The van der Waals surface area contributed by atoms with Gasteiger partial charge in [0.1, 0.15) is 0 Å². The first-order valence-corrected chi connectivity index (χ1v) is 9.94. The van der Waals surface area contributed by atoms with Crippen LogP contribution in [0, 0.1) is 18.3 Å². The number of anilines is 2. The molecule has 0 bridgehead atoms. The maximum Gasteiger partial charge on any atom is 0.257 e. The van der Waals surface area contributed by atoms with E-state index in [2.05, 4.69) is 21.7 Å². The zero-order chi connectivity index (χ0) is 22.6. The van der Waals surface area contributed by atoms with Gasteiger partial charge in [-0.2, -0.15) is 5.26 Å². The average Bonchev–Trinajstić information content (AvgIpc) is 2.76. The number of rotatable bonds is 5. The Hall–Kier alpha value is -3.69. The molecule has 31 heavy (non-hydrogen) atoms. The minimum Gasteiger partial charge on any atom is -0.322 e. The Morgan fingerprint density at radius 3 is 2.39 bits per heavy atom. The second kappa shape index (κ2) is 8.99. The van der Waals surface area contributed by atoms with Crippen molar-refractivity contribution in [2.45, 2.75) is 26.2 Å². The highest BCUT2D eigenvalue weighted by atomic mass is 35.5. The van der Waals surface area contributed by atoms with Gasteiger partial charge in [-0.15, -0.1) is 0 Å². The highest BCUT2D eigenvalue weighted by Gasteiger charge is 2.21. The summed E-state index contributed by atoms with van der Waals surface area (Å²) < 4.78 is 0. The Kier molecular flexibility index (Phi) is 6.38. The van der Waals surface area contributed by atoms with E-state index >= 15 is 0 Å². The largest absolute Gasteiger partial charge is 0.322 e. The van der Waals surface area contributed by atoms with Crippen molar-refractivity contribution in [1.29, 1.82) is 5.26 Å². The fourth-order valence-electron chi connectivity index (χ4n) is 2.83. The molecular weight excluding hydrogens is 412 g/mol. The number of pyridine rings is 1. The van der Waals surface area contributed by atoms with Gasteiger partial charge in [-0.1, -0.05) is 23.7 Å². The Balaban J connectivity index is 1.79. The van der Waals surface area contributed by atoms with Gasteiger partial charge in [0, 0.05) is 16.9 Å². The Morgan fingerprint density at radius 1 is 1.00 bits per heavy atom. The van der Waals surface area contributed by atoms with Crippen LogP contribution in [0.1, 0.15) is 45.8 Å². The molecule has 0 fully saturated rings. The summed E-state index contributed by atoms with van der Waals surface area (Å²) in [4.78, 5) is 29.5. The van der Waals surface area contributed by atoms with Crippen LogP contribution in [0.3, 0.4) is 0 Å². The van der Waals surface area contributed by atoms with Crippen molar-refractivity contribution in [2.24, 2.45) is 0 Å². The van der Waals surface area contributed by atoms with Crippen LogP contribution in [-0.2, 0) is 5.41 Å². The van der Waals surface area contributed by atoms with Crippen LogP contribution in [0.4, 0.5) is 11.4 Å². The summed E-state index contributed by atoms with van der Waals surface area (Å²) >= 11 is 6.20. The van der Waals surface area contributed by atoms with E-state index in [0.717, 1.165) is 11.3 Å². The number of benzene rings is 2. The first-order valence-electron chi connectivity index (χ1n) is 9.56. The van der Waals surface area contributed by atoms with Crippen LogP contribution in [0.2, 0.25) is 5.02 Å². The smallest absolute Gasteiger partial charge is 0.257 e. The monoisotopic (exact) mass is 432 g/mol. The van der Waals surface area contributed by atoms with E-state index in [1.54, 1.807) is 62.5 Å². The number of carbonyl (C=O) groups is 2. The maximum absolute atomic E-state index is 12.7. The molecule has 0 atom stereocenters. The molecule has 0 radical (unpaired) electrons. The summed E-state index contributed by atoms with van der Waals surface area (Å²) in [7, 11) is 0. The predicted molar refractivity (Wildman–Crippen MR) is 121 cm³/mol. The molecule has 0 aliphatic carbocycles. The van der Waals surface area contributed by atoms with Crippen molar-refractivity contribution >= 4 is 34.8 Å². The lowest BCUT2D eigenvalue weighted by Crippen LogP contribution is -2.17. The van der Waals surface area contributed by atoms with E-state index in [0.29, 0.717) is 16.9 Å². The van der Waals surface area contributed by atoms with E-state index in [1.807, 2.05) is 13.0 Å². The van der Waals surface area contributed by atoms with E-state index in [-0.39, 0.29) is 16.5 Å². The summed E-state index contributed by atoms with van der Waals surface area (Å²) in [6.07, 6.45) is 1.56. The molecule has 0 spiro atoms. The molecule has 6 nitrogen and oxygen atoms in total. The molecule has 0 aliphatic rings. The summed E-state index contributed by atoms with van der Waals surface area (Å²) in [5.41, 5.74) is 2.46. The molecule has 0 unspecified atom stereocenters. The van der Waals surface area contributed by atoms with Crippen LogP contribution in [0.5, 0.6) is 0 Å². The number of aromatic nitrogens is 1. The lowest BCUT2D eigenvalue weighted by molar-refractivity contribution is 0.101. The third-order valence-electron chi connectivity index (χ3n) is 4.76. The van der Waals surface area contributed by atoms with Crippen molar-refractivity contribution in [3.05, 3.63) is 88.2 Å². The number of halogens is 1. The van der Waals surface area contributed by atoms with Crippen LogP contribution in [-0.4, -0.2) is 16.8 Å². The molecule has 0 aliphatic heterocycles. The SMILES string of the molecule is Cc1ccc(NC(=O)c2cc(NC(=O)c3cccc(C(C)(C)C#N)c3)ccc2Cl)cn1. The van der Waals surface area contributed by atoms with Gasteiger partial charge in [0.2, 0.25) is 0 Å². The van der Waals surface area contributed by atoms with Crippen molar-refractivity contribution in [1.82, 2.24) is 4.98 Å². The topological polar surface area (TPSA) is 94.9 Å². The lowest BCUT2D eigenvalue weighted by atomic mass is 9.85. The van der Waals surface area contributed by atoms with Gasteiger partial charge in [0.15, 0.2) is 0 Å². The minimum absolute atomic E-state index is 0.222. The van der Waals surface area contributed by atoms with Crippen LogP contribution in [0.15, 0.2) is 60.8 Å². The number of hydrogen-bond donors (Lipinski definition) is 2. The van der Waals surface area contributed by atoms with E-state index in [4.69, 9.17) is 11.6 Å². The number of nitrogens with zero attached hydrogens (tertiary/aromatic N) is 2. The number of nitriles is 1. The third kappa shape index (κ3) is 5.27. The number of aryl methyl sites for hydroxylation is 1. The molecule has 1 heterocycles. The zero-order valence-corrected chi connectivity index (χ0v) is 18.1. The van der Waals surface area contributed by atoms with Gasteiger partial charge in [-0.05, 0) is 68.8 Å². The van der Waals surface area contributed by atoms with Gasteiger partial charge in [-0.25, -0.2) is 0 Å². The van der Waals surface area contributed by atoms with Crippen molar-refractivity contribution in [3.8, 4) is 6.07 Å². The molecule has 0 saturated carbocycles. The lowest BCUT2D eigenvalue weighted by Gasteiger charge is -2.16. The molecule has 3 rings (SSSR count). The number of hydrogen-bond acceptors (Lipinski definition) is 4. The van der Waals surface area contributed by atoms with Gasteiger partial charge in [-0.3, -0.25) is 14.6 Å². The van der Waals surface area contributed by atoms with Gasteiger partial charge >= 0.3 is 0 Å². The minimum atomic E-state index is -0.716. The molecule has 2 amide bonds. The van der Waals surface area contributed by atoms with Crippen molar-refractivity contribution < 1.29 is 9.59 Å². The first-order chi connectivity index (χ1) is 14.7. The standard InChI is InChI=1S/C24H21ClN4O2/c1-15-7-8-19(13-27-15)29-23(31)20-12-18(9-10-21(20)25)28-22(30)16-5-4-6-17(11-16)24(2,3)14-26/h4-13H,1-3H3,(H,28,30)(H,29,31). The second-order valence-electron chi connectivity index (χ2n) is 7.61. The van der Waals surface area contributed by atoms with Crippen molar-refractivity contribution in [3.63, 3.8) is 0 Å². The molecule has 0 saturated heterocycles. The number of carbonyl (C=O) groups excluding carboxylic acids is 2. The number of nitrogens with one attached hydrogen (secondary N) is 2. The molecule has 1 aromatic heterocycles. The fourth-order valence-corrected chi connectivity index (χ4v) is 3.04. The second-order valence-corrected chi connectivity index (χ2v) is 8.02. The van der Waals surface area contributed by atoms with Crippen LogP contribution < -0.4 is 10.6 Å². The normalized spacial score (nSPS) is 10.8. The molecular formula is C24H21ClN4O2. The fraction of sp³-hybridized carbons (Fsp3) is 0.167. The number of amides is 2. The van der Waals surface area contributed by atoms with Crippen LogP contribution in [0.25, 0.3) is 0 Å². The summed E-state index contributed by atoms with van der Waals surface area (Å²) in [5, 5.41) is 15.1. The van der Waals surface area contributed by atoms with Gasteiger partial charge in [0.25, 0.3) is 11.8 Å². The quantitative estimate of drug-likeness (QED) is 0.568. The molecule has 2 N–H and O–H groups in total. The summed E-state index contributed by atoms with van der Waals surface area (Å²) in [5.74, 6) is -0.767. The summed E-state index contributed by atoms with van der Waals surface area (Å²) in [6, 6.07) is 17.3. The molecule has 3 aromatic rings. The Morgan fingerprint density at radius 2 is 1.71 bits per heavy atom.